The molecule has 0 radical (unpaired) electrons. The van der Waals surface area contributed by atoms with E-state index in [1.165, 1.54) is 0 Å². The van der Waals surface area contributed by atoms with Crippen molar-refractivity contribution in [1.82, 2.24) is 24.5 Å². The number of hydrogen-bond acceptors (Lipinski definition) is 4. The first-order chi connectivity index (χ1) is 11.0. The molecule has 0 aliphatic carbocycles. The Morgan fingerprint density at radius 1 is 1.39 bits per heavy atom. The average molecular weight is 316 g/mol. The SMILES string of the molecule is Cc1cc(C)n(CCC(=O)N2C[C@@H](N)[C@H](c3ccnn3C)C2)n1. The van der Waals surface area contributed by atoms with Gasteiger partial charge < -0.3 is 10.6 Å². The van der Waals surface area contributed by atoms with Gasteiger partial charge in [0.25, 0.3) is 0 Å². The molecule has 0 aromatic carbocycles. The number of rotatable bonds is 4. The molecular weight excluding hydrogens is 292 g/mol. The Kier molecular flexibility index (Phi) is 4.21. The van der Waals surface area contributed by atoms with E-state index in [9.17, 15) is 4.79 Å². The van der Waals surface area contributed by atoms with Crippen LogP contribution in [0.2, 0.25) is 0 Å². The van der Waals surface area contributed by atoms with E-state index in [0.717, 1.165) is 17.1 Å². The lowest BCUT2D eigenvalue weighted by Crippen LogP contribution is -2.32. The second-order valence-electron chi connectivity index (χ2n) is 6.35. The van der Waals surface area contributed by atoms with E-state index in [1.807, 2.05) is 47.3 Å². The molecule has 3 rings (SSSR count). The van der Waals surface area contributed by atoms with Crippen LogP contribution in [-0.4, -0.2) is 49.5 Å². The number of nitrogens with two attached hydrogens (primary N) is 1. The first-order valence-corrected chi connectivity index (χ1v) is 7.98. The largest absolute Gasteiger partial charge is 0.340 e. The maximum absolute atomic E-state index is 12.5. The molecule has 2 aromatic heterocycles. The van der Waals surface area contributed by atoms with Crippen LogP contribution in [0.15, 0.2) is 18.3 Å². The van der Waals surface area contributed by atoms with Crippen molar-refractivity contribution in [3.05, 3.63) is 35.4 Å². The molecule has 1 aliphatic heterocycles. The van der Waals surface area contributed by atoms with Gasteiger partial charge in [0.2, 0.25) is 5.91 Å². The fraction of sp³-hybridized carbons (Fsp3) is 0.562. The minimum absolute atomic E-state index is 0.0389. The molecule has 0 bridgehead atoms. The van der Waals surface area contributed by atoms with Crippen molar-refractivity contribution < 1.29 is 4.79 Å². The number of aromatic nitrogens is 4. The van der Waals surface area contributed by atoms with Crippen molar-refractivity contribution in [2.45, 2.75) is 38.8 Å². The second-order valence-corrected chi connectivity index (χ2v) is 6.35. The van der Waals surface area contributed by atoms with Crippen LogP contribution in [0.5, 0.6) is 0 Å². The fourth-order valence-electron chi connectivity index (χ4n) is 3.35. The molecule has 2 N–H and O–H groups in total. The van der Waals surface area contributed by atoms with Gasteiger partial charge >= 0.3 is 0 Å². The van der Waals surface area contributed by atoms with E-state index < -0.39 is 0 Å². The molecular formula is C16H24N6O. The summed E-state index contributed by atoms with van der Waals surface area (Å²) in [5, 5.41) is 8.60. The van der Waals surface area contributed by atoms with Crippen molar-refractivity contribution in [2.75, 3.05) is 13.1 Å². The molecule has 0 saturated carbocycles. The topological polar surface area (TPSA) is 82.0 Å². The number of amides is 1. The third-order valence-corrected chi connectivity index (χ3v) is 4.60. The second kappa shape index (κ2) is 6.16. The van der Waals surface area contributed by atoms with Crippen molar-refractivity contribution in [3.8, 4) is 0 Å². The summed E-state index contributed by atoms with van der Waals surface area (Å²) in [4.78, 5) is 14.4. The van der Waals surface area contributed by atoms with E-state index in [-0.39, 0.29) is 17.9 Å². The fourth-order valence-corrected chi connectivity index (χ4v) is 3.35. The molecule has 0 unspecified atom stereocenters. The van der Waals surface area contributed by atoms with Crippen LogP contribution in [-0.2, 0) is 18.4 Å². The third-order valence-electron chi connectivity index (χ3n) is 4.60. The van der Waals surface area contributed by atoms with E-state index in [2.05, 4.69) is 10.2 Å². The highest BCUT2D eigenvalue weighted by molar-refractivity contribution is 5.76. The predicted octanol–water partition coefficient (Wildman–Crippen LogP) is 0.577. The van der Waals surface area contributed by atoms with Gasteiger partial charge in [0.1, 0.15) is 0 Å². The summed E-state index contributed by atoms with van der Waals surface area (Å²) in [7, 11) is 1.91. The van der Waals surface area contributed by atoms with Gasteiger partial charge in [-0.3, -0.25) is 14.2 Å². The van der Waals surface area contributed by atoms with Gasteiger partial charge in [-0.15, -0.1) is 0 Å². The molecule has 7 nitrogen and oxygen atoms in total. The molecule has 7 heteroatoms. The van der Waals surface area contributed by atoms with Crippen LogP contribution in [0, 0.1) is 13.8 Å². The first-order valence-electron chi connectivity index (χ1n) is 7.98. The summed E-state index contributed by atoms with van der Waals surface area (Å²) in [6, 6.07) is 3.96. The van der Waals surface area contributed by atoms with Gasteiger partial charge in [-0.25, -0.2) is 0 Å². The molecule has 2 aromatic rings. The molecule has 124 valence electrons. The summed E-state index contributed by atoms with van der Waals surface area (Å²) in [5.41, 5.74) is 9.40. The number of nitrogens with zero attached hydrogens (tertiary/aromatic N) is 5. The Labute approximate surface area is 136 Å². The van der Waals surface area contributed by atoms with Crippen LogP contribution in [0.25, 0.3) is 0 Å². The van der Waals surface area contributed by atoms with Gasteiger partial charge in [-0.1, -0.05) is 0 Å². The maximum atomic E-state index is 12.5. The summed E-state index contributed by atoms with van der Waals surface area (Å²) in [5.74, 6) is 0.290. The summed E-state index contributed by atoms with van der Waals surface area (Å²) < 4.78 is 3.73. The quantitative estimate of drug-likeness (QED) is 0.894. The Bertz CT molecular complexity index is 703. The van der Waals surface area contributed by atoms with Crippen molar-refractivity contribution in [1.29, 1.82) is 0 Å². The van der Waals surface area contributed by atoms with E-state index in [1.54, 1.807) is 6.20 Å². The summed E-state index contributed by atoms with van der Waals surface area (Å²) >= 11 is 0. The Morgan fingerprint density at radius 2 is 2.17 bits per heavy atom. The molecule has 1 saturated heterocycles. The minimum Gasteiger partial charge on any atom is -0.340 e. The van der Waals surface area contributed by atoms with E-state index >= 15 is 0 Å². The molecule has 1 aliphatic rings. The van der Waals surface area contributed by atoms with Gasteiger partial charge in [0, 0.05) is 62.6 Å². The van der Waals surface area contributed by atoms with Crippen molar-refractivity contribution in [3.63, 3.8) is 0 Å². The smallest absolute Gasteiger partial charge is 0.224 e. The predicted molar refractivity (Wildman–Crippen MR) is 86.8 cm³/mol. The zero-order chi connectivity index (χ0) is 16.6. The number of aryl methyl sites for hydroxylation is 4. The van der Waals surface area contributed by atoms with Crippen LogP contribution in [0.3, 0.4) is 0 Å². The van der Waals surface area contributed by atoms with Crippen molar-refractivity contribution in [2.24, 2.45) is 12.8 Å². The summed E-state index contributed by atoms with van der Waals surface area (Å²) in [6.45, 7) is 5.85. The van der Waals surface area contributed by atoms with Gasteiger partial charge in [-0.2, -0.15) is 10.2 Å². The zero-order valence-corrected chi connectivity index (χ0v) is 13.9. The highest BCUT2D eigenvalue weighted by Crippen LogP contribution is 2.26. The lowest BCUT2D eigenvalue weighted by atomic mass is 10.0. The Hall–Kier alpha value is -2.15. The normalized spacial score (nSPS) is 21.1. The van der Waals surface area contributed by atoms with Gasteiger partial charge in [-0.05, 0) is 26.0 Å². The van der Waals surface area contributed by atoms with Crippen molar-refractivity contribution >= 4 is 5.91 Å². The molecule has 0 spiro atoms. The van der Waals surface area contributed by atoms with E-state index in [4.69, 9.17) is 5.73 Å². The van der Waals surface area contributed by atoms with Crippen LogP contribution in [0.1, 0.15) is 29.4 Å². The number of carbonyl (C=O) groups excluding carboxylic acids is 1. The lowest BCUT2D eigenvalue weighted by Gasteiger charge is -2.16. The summed E-state index contributed by atoms with van der Waals surface area (Å²) in [6.07, 6.45) is 2.22. The number of likely N-dealkylation sites (tertiary alicyclic amines) is 1. The highest BCUT2D eigenvalue weighted by atomic mass is 16.2. The van der Waals surface area contributed by atoms with E-state index in [0.29, 0.717) is 26.1 Å². The highest BCUT2D eigenvalue weighted by Gasteiger charge is 2.35. The lowest BCUT2D eigenvalue weighted by molar-refractivity contribution is -0.130. The Morgan fingerprint density at radius 3 is 2.78 bits per heavy atom. The number of hydrogen-bond donors (Lipinski definition) is 1. The van der Waals surface area contributed by atoms with Gasteiger partial charge in [0.05, 0.1) is 5.69 Å². The third kappa shape index (κ3) is 3.14. The average Bonchev–Trinajstić information content (AvgIpc) is 3.16. The first kappa shape index (κ1) is 15.7. The maximum Gasteiger partial charge on any atom is 0.224 e. The number of carbonyl (C=O) groups is 1. The minimum atomic E-state index is -0.0389. The molecule has 3 heterocycles. The monoisotopic (exact) mass is 316 g/mol. The van der Waals surface area contributed by atoms with Gasteiger partial charge in [0.15, 0.2) is 0 Å². The zero-order valence-electron chi connectivity index (χ0n) is 13.9. The molecule has 1 fully saturated rings. The van der Waals surface area contributed by atoms with Crippen LogP contribution >= 0.6 is 0 Å². The standard InChI is InChI=1S/C16H24N6O/c1-11-8-12(2)22(19-11)7-5-16(23)21-9-13(14(17)10-21)15-4-6-18-20(15)3/h4,6,8,13-14H,5,7,9-10,17H2,1-3H3/t13-,14-/m1/s1. The Balaban J connectivity index is 1.61. The van der Waals surface area contributed by atoms with Crippen LogP contribution < -0.4 is 5.73 Å². The molecule has 1 amide bonds. The van der Waals surface area contributed by atoms with Crippen LogP contribution in [0.4, 0.5) is 0 Å². The molecule has 23 heavy (non-hydrogen) atoms. The molecule has 2 atom stereocenters.